The average Bonchev–Trinajstić information content (AvgIpc) is 2.49. The number of carbonyl (C=O) groups is 2. The molecule has 0 saturated carbocycles. The van der Waals surface area contributed by atoms with E-state index in [1.165, 1.54) is 0 Å². The molecule has 1 saturated heterocycles. The molecule has 22 heavy (non-hydrogen) atoms. The first kappa shape index (κ1) is 16.8. The van der Waals surface area contributed by atoms with Crippen molar-refractivity contribution in [2.75, 3.05) is 19.8 Å². The van der Waals surface area contributed by atoms with Crippen molar-refractivity contribution in [2.45, 2.75) is 25.5 Å². The molecule has 0 aliphatic carbocycles. The van der Waals surface area contributed by atoms with Gasteiger partial charge in [0.15, 0.2) is 6.10 Å². The molecule has 2 rings (SSSR count). The molecule has 1 aromatic carbocycles. The van der Waals surface area contributed by atoms with Crippen LogP contribution in [0.2, 0.25) is 0 Å². The first-order chi connectivity index (χ1) is 10.5. The summed E-state index contributed by atoms with van der Waals surface area (Å²) < 4.78 is 11.7. The third-order valence-corrected chi connectivity index (χ3v) is 4.06. The third-order valence-electron chi connectivity index (χ3n) is 3.41. The summed E-state index contributed by atoms with van der Waals surface area (Å²) in [7, 11) is 0. The van der Waals surface area contributed by atoms with E-state index in [1.54, 1.807) is 17.9 Å². The summed E-state index contributed by atoms with van der Waals surface area (Å²) in [5.74, 6) is -0.607. The number of benzene rings is 1. The number of morpholine rings is 1. The van der Waals surface area contributed by atoms with Gasteiger partial charge in [-0.1, -0.05) is 12.1 Å². The molecule has 1 aliphatic heterocycles. The Kier molecular flexibility index (Phi) is 5.79. The van der Waals surface area contributed by atoms with Crippen LogP contribution < -0.4 is 4.74 Å². The number of hydrogen-bond donors (Lipinski definition) is 1. The summed E-state index contributed by atoms with van der Waals surface area (Å²) in [4.78, 5) is 25.0. The Hall–Kier alpha value is -1.60. The predicted octanol–water partition coefficient (Wildman–Crippen LogP) is 1.92. The van der Waals surface area contributed by atoms with Gasteiger partial charge in [0.05, 0.1) is 30.1 Å². The number of hydrogen-bond acceptors (Lipinski definition) is 4. The minimum absolute atomic E-state index is 0.131. The Balaban J connectivity index is 2.04. The lowest BCUT2D eigenvalue weighted by atomic mass is 10.1. The SMILES string of the molecule is CC(Oc1ccccc1Br)C(=O)N1CCOCC1CC(=O)O. The number of halogens is 1. The van der Waals surface area contributed by atoms with Crippen LogP contribution in [0, 0.1) is 0 Å². The molecule has 0 radical (unpaired) electrons. The minimum atomic E-state index is -0.951. The van der Waals surface area contributed by atoms with Crippen molar-refractivity contribution >= 4 is 27.8 Å². The third kappa shape index (κ3) is 4.20. The van der Waals surface area contributed by atoms with Crippen molar-refractivity contribution in [2.24, 2.45) is 0 Å². The van der Waals surface area contributed by atoms with Crippen molar-refractivity contribution < 1.29 is 24.2 Å². The number of rotatable bonds is 5. The van der Waals surface area contributed by atoms with E-state index in [1.807, 2.05) is 18.2 Å². The first-order valence-electron chi connectivity index (χ1n) is 7.00. The van der Waals surface area contributed by atoms with Gasteiger partial charge in [0.1, 0.15) is 5.75 Å². The number of amides is 1. The highest BCUT2D eigenvalue weighted by atomic mass is 79.9. The van der Waals surface area contributed by atoms with Crippen molar-refractivity contribution in [3.05, 3.63) is 28.7 Å². The van der Waals surface area contributed by atoms with Crippen molar-refractivity contribution in [1.29, 1.82) is 0 Å². The van der Waals surface area contributed by atoms with Gasteiger partial charge in [-0.05, 0) is 35.0 Å². The Bertz CT molecular complexity index is 550. The van der Waals surface area contributed by atoms with Crippen LogP contribution in [-0.2, 0) is 14.3 Å². The highest BCUT2D eigenvalue weighted by molar-refractivity contribution is 9.10. The minimum Gasteiger partial charge on any atom is -0.481 e. The summed E-state index contributed by atoms with van der Waals surface area (Å²) in [6.45, 7) is 2.68. The van der Waals surface area contributed by atoms with Gasteiger partial charge in [-0.25, -0.2) is 0 Å². The maximum atomic E-state index is 12.5. The normalized spacial score (nSPS) is 19.5. The monoisotopic (exact) mass is 371 g/mol. The number of para-hydroxylation sites is 1. The standard InChI is InChI=1S/C15H18BrNO5/c1-10(22-13-5-3-2-4-12(13)16)15(20)17-6-7-21-9-11(17)8-14(18)19/h2-5,10-11H,6-9H2,1H3,(H,18,19). The first-order valence-corrected chi connectivity index (χ1v) is 7.79. The number of carbonyl (C=O) groups excluding carboxylic acids is 1. The lowest BCUT2D eigenvalue weighted by molar-refractivity contribution is -0.150. The van der Waals surface area contributed by atoms with Crippen LogP contribution in [0.15, 0.2) is 28.7 Å². The Morgan fingerprint density at radius 1 is 1.50 bits per heavy atom. The van der Waals surface area contributed by atoms with Crippen LogP contribution in [0.1, 0.15) is 13.3 Å². The van der Waals surface area contributed by atoms with Crippen LogP contribution in [0.5, 0.6) is 5.75 Å². The maximum Gasteiger partial charge on any atom is 0.305 e. The Morgan fingerprint density at radius 2 is 2.23 bits per heavy atom. The smallest absolute Gasteiger partial charge is 0.305 e. The van der Waals surface area contributed by atoms with Gasteiger partial charge in [-0.3, -0.25) is 9.59 Å². The number of ether oxygens (including phenoxy) is 2. The van der Waals surface area contributed by atoms with Gasteiger partial charge in [0, 0.05) is 6.54 Å². The molecule has 2 atom stereocenters. The van der Waals surface area contributed by atoms with Gasteiger partial charge >= 0.3 is 5.97 Å². The van der Waals surface area contributed by atoms with Gasteiger partial charge in [0.2, 0.25) is 0 Å². The molecular weight excluding hydrogens is 354 g/mol. The summed E-state index contributed by atoms with van der Waals surface area (Å²) in [5.41, 5.74) is 0. The van der Waals surface area contributed by atoms with E-state index in [0.29, 0.717) is 18.9 Å². The molecule has 1 amide bonds. The fraction of sp³-hybridized carbons (Fsp3) is 0.467. The fourth-order valence-corrected chi connectivity index (χ4v) is 2.71. The van der Waals surface area contributed by atoms with Gasteiger partial charge < -0.3 is 19.5 Å². The van der Waals surface area contributed by atoms with Crippen LogP contribution in [0.25, 0.3) is 0 Å². The topological polar surface area (TPSA) is 76.1 Å². The molecular formula is C15H18BrNO5. The van der Waals surface area contributed by atoms with E-state index in [0.717, 1.165) is 4.47 Å². The van der Waals surface area contributed by atoms with Crippen molar-refractivity contribution in [1.82, 2.24) is 4.90 Å². The van der Waals surface area contributed by atoms with Crippen LogP contribution >= 0.6 is 15.9 Å². The molecule has 2 unspecified atom stereocenters. The van der Waals surface area contributed by atoms with Crippen LogP contribution in [0.3, 0.4) is 0 Å². The average molecular weight is 372 g/mol. The van der Waals surface area contributed by atoms with Gasteiger partial charge in [-0.15, -0.1) is 0 Å². The Labute approximate surface area is 137 Å². The number of carboxylic acids is 1. The van der Waals surface area contributed by atoms with Crippen LogP contribution in [0.4, 0.5) is 0 Å². The van der Waals surface area contributed by atoms with E-state index in [9.17, 15) is 9.59 Å². The zero-order chi connectivity index (χ0) is 16.1. The summed E-state index contributed by atoms with van der Waals surface area (Å²) in [6, 6.07) is 6.81. The predicted molar refractivity (Wildman–Crippen MR) is 82.8 cm³/mol. The zero-order valence-corrected chi connectivity index (χ0v) is 13.8. The molecule has 120 valence electrons. The summed E-state index contributed by atoms with van der Waals surface area (Å²) in [6.07, 6.45) is -0.832. The van der Waals surface area contributed by atoms with Gasteiger partial charge in [-0.2, -0.15) is 0 Å². The van der Waals surface area contributed by atoms with Crippen molar-refractivity contribution in [3.8, 4) is 5.75 Å². The zero-order valence-electron chi connectivity index (χ0n) is 12.2. The number of nitrogens with zero attached hydrogens (tertiary/aromatic N) is 1. The second-order valence-electron chi connectivity index (χ2n) is 5.05. The van der Waals surface area contributed by atoms with Crippen LogP contribution in [-0.4, -0.2) is 53.8 Å². The molecule has 0 bridgehead atoms. The second-order valence-corrected chi connectivity index (χ2v) is 5.90. The van der Waals surface area contributed by atoms with E-state index in [-0.39, 0.29) is 18.9 Å². The summed E-state index contributed by atoms with van der Waals surface area (Å²) in [5, 5.41) is 8.94. The molecule has 1 fully saturated rings. The molecule has 0 spiro atoms. The number of aliphatic carboxylic acids is 1. The maximum absolute atomic E-state index is 12.5. The highest BCUT2D eigenvalue weighted by Crippen LogP contribution is 2.25. The fourth-order valence-electron chi connectivity index (χ4n) is 2.33. The molecule has 1 aliphatic rings. The summed E-state index contributed by atoms with van der Waals surface area (Å²) >= 11 is 3.37. The number of carboxylic acid groups (broad SMARTS) is 1. The van der Waals surface area contributed by atoms with E-state index in [4.69, 9.17) is 14.6 Å². The Morgan fingerprint density at radius 3 is 2.91 bits per heavy atom. The van der Waals surface area contributed by atoms with E-state index >= 15 is 0 Å². The lowest BCUT2D eigenvalue weighted by Gasteiger charge is -2.36. The molecule has 7 heteroatoms. The highest BCUT2D eigenvalue weighted by Gasteiger charge is 2.32. The molecule has 6 nitrogen and oxygen atoms in total. The molecule has 0 aromatic heterocycles. The van der Waals surface area contributed by atoms with E-state index in [2.05, 4.69) is 15.9 Å². The van der Waals surface area contributed by atoms with Crippen molar-refractivity contribution in [3.63, 3.8) is 0 Å². The quantitative estimate of drug-likeness (QED) is 0.855. The molecule has 1 heterocycles. The van der Waals surface area contributed by atoms with E-state index < -0.39 is 18.1 Å². The molecule has 1 aromatic rings. The second kappa shape index (κ2) is 7.60. The van der Waals surface area contributed by atoms with Gasteiger partial charge in [0.25, 0.3) is 5.91 Å². The lowest BCUT2D eigenvalue weighted by Crippen LogP contribution is -2.53. The largest absolute Gasteiger partial charge is 0.481 e. The molecule has 1 N–H and O–H groups in total.